The summed E-state index contributed by atoms with van der Waals surface area (Å²) in [5.74, 6) is -2.50. The molecule has 1 atom stereocenters. The number of nitrogens with zero attached hydrogens (tertiary/aromatic N) is 2. The van der Waals surface area contributed by atoms with Gasteiger partial charge in [-0.3, -0.25) is 14.4 Å². The number of benzene rings is 2. The van der Waals surface area contributed by atoms with E-state index in [9.17, 15) is 19.5 Å². The van der Waals surface area contributed by atoms with Crippen molar-refractivity contribution < 1.29 is 19.5 Å². The number of aromatic nitrogens is 1. The maximum Gasteiger partial charge on any atom is 0.253 e. The lowest BCUT2D eigenvalue weighted by Crippen LogP contribution is -2.21. The Bertz CT molecular complexity index is 1210. The number of hydrogen-bond acceptors (Lipinski definition) is 5. The monoisotopic (exact) mass is 402 g/mol. The molecular weight excluding hydrogens is 380 g/mol. The van der Waals surface area contributed by atoms with E-state index >= 15 is 0 Å². The van der Waals surface area contributed by atoms with Gasteiger partial charge in [-0.1, -0.05) is 19.4 Å². The van der Waals surface area contributed by atoms with Gasteiger partial charge in [0.25, 0.3) is 5.91 Å². The molecule has 0 aliphatic heterocycles. The number of amides is 1. The van der Waals surface area contributed by atoms with E-state index in [1.165, 1.54) is 23.1 Å². The molecule has 0 spiro atoms. The molecule has 6 nitrogen and oxygen atoms in total. The van der Waals surface area contributed by atoms with Crippen LogP contribution in [0.1, 0.15) is 61.6 Å². The predicted molar refractivity (Wildman–Crippen MR) is 113 cm³/mol. The van der Waals surface area contributed by atoms with Crippen molar-refractivity contribution in [2.75, 3.05) is 14.1 Å². The molecule has 6 heteroatoms. The average Bonchev–Trinajstić information content (AvgIpc) is 2.97. The van der Waals surface area contributed by atoms with Gasteiger partial charge in [0.15, 0.2) is 11.6 Å². The van der Waals surface area contributed by atoms with E-state index in [-0.39, 0.29) is 28.5 Å². The first kappa shape index (κ1) is 19.8. The number of ketones is 2. The molecule has 1 aliphatic carbocycles. The Morgan fingerprint density at radius 3 is 2.47 bits per heavy atom. The highest BCUT2D eigenvalue weighted by molar-refractivity contribution is 6.30. The van der Waals surface area contributed by atoms with Gasteiger partial charge in [-0.15, -0.1) is 0 Å². The molecule has 0 radical (unpaired) electrons. The Labute approximate surface area is 174 Å². The molecule has 30 heavy (non-hydrogen) atoms. The van der Waals surface area contributed by atoms with Crippen LogP contribution in [0.25, 0.3) is 10.9 Å². The lowest BCUT2D eigenvalue weighted by molar-refractivity contribution is 0.0826. The van der Waals surface area contributed by atoms with Crippen LogP contribution in [0, 0.1) is 0 Å². The van der Waals surface area contributed by atoms with Crippen molar-refractivity contribution in [3.63, 3.8) is 0 Å². The third-order valence-corrected chi connectivity index (χ3v) is 5.43. The van der Waals surface area contributed by atoms with Crippen LogP contribution in [0.2, 0.25) is 0 Å². The Kier molecular flexibility index (Phi) is 4.86. The maximum atomic E-state index is 13.1. The summed E-state index contributed by atoms with van der Waals surface area (Å²) >= 11 is 0. The molecule has 152 valence electrons. The molecule has 1 aromatic heterocycles. The number of aromatic hydroxyl groups is 1. The fraction of sp³-hybridized carbons (Fsp3) is 0.250. The first-order chi connectivity index (χ1) is 14.3. The summed E-state index contributed by atoms with van der Waals surface area (Å²) in [5.41, 5.74) is 2.58. The quantitative estimate of drug-likeness (QED) is 0.672. The van der Waals surface area contributed by atoms with Gasteiger partial charge in [-0.2, -0.15) is 0 Å². The topological polar surface area (TPSA) is 87.6 Å². The number of fused-ring (bicyclic) bond motifs is 2. The largest absolute Gasteiger partial charge is 0.506 e. The Balaban J connectivity index is 1.77. The number of rotatable bonds is 4. The Morgan fingerprint density at radius 2 is 1.77 bits per heavy atom. The van der Waals surface area contributed by atoms with Crippen LogP contribution in [0.4, 0.5) is 0 Å². The summed E-state index contributed by atoms with van der Waals surface area (Å²) < 4.78 is 0. The molecule has 1 unspecified atom stereocenters. The SMILES string of the molecule is CCCc1ccc2nc(C3C(=O)c4ccc(C(=O)N(C)C)cc4C3=O)c(O)cc2c1. The van der Waals surface area contributed by atoms with E-state index in [1.807, 2.05) is 18.2 Å². The second-order valence-electron chi connectivity index (χ2n) is 7.79. The van der Waals surface area contributed by atoms with Crippen LogP contribution in [0.3, 0.4) is 0 Å². The highest BCUT2D eigenvalue weighted by Crippen LogP contribution is 2.38. The van der Waals surface area contributed by atoms with Crippen molar-refractivity contribution in [2.45, 2.75) is 25.7 Å². The minimum Gasteiger partial charge on any atom is -0.506 e. The number of carbonyl (C=O) groups is 3. The zero-order chi connectivity index (χ0) is 21.6. The second kappa shape index (κ2) is 7.37. The highest BCUT2D eigenvalue weighted by Gasteiger charge is 2.42. The molecule has 0 saturated heterocycles. The summed E-state index contributed by atoms with van der Waals surface area (Å²) in [5, 5.41) is 11.4. The normalized spacial score (nSPS) is 15.5. The smallest absolute Gasteiger partial charge is 0.253 e. The van der Waals surface area contributed by atoms with E-state index in [1.54, 1.807) is 20.2 Å². The van der Waals surface area contributed by atoms with Gasteiger partial charge in [0, 0.05) is 36.2 Å². The summed E-state index contributed by atoms with van der Waals surface area (Å²) in [6.45, 7) is 2.09. The molecule has 4 rings (SSSR count). The summed E-state index contributed by atoms with van der Waals surface area (Å²) in [6, 6.07) is 11.8. The number of hydrogen-bond donors (Lipinski definition) is 1. The molecule has 3 aromatic rings. The van der Waals surface area contributed by atoms with Crippen LogP contribution in [0.15, 0.2) is 42.5 Å². The van der Waals surface area contributed by atoms with Crippen molar-refractivity contribution in [1.29, 1.82) is 0 Å². The molecule has 1 N–H and O–H groups in total. The van der Waals surface area contributed by atoms with E-state index in [4.69, 9.17) is 0 Å². The molecule has 0 fully saturated rings. The van der Waals surface area contributed by atoms with Gasteiger partial charge in [0.05, 0.1) is 5.52 Å². The molecule has 1 aliphatic rings. The van der Waals surface area contributed by atoms with Crippen molar-refractivity contribution in [1.82, 2.24) is 9.88 Å². The third kappa shape index (κ3) is 3.14. The van der Waals surface area contributed by atoms with E-state index in [0.29, 0.717) is 11.1 Å². The van der Waals surface area contributed by atoms with Crippen LogP contribution in [-0.4, -0.2) is 46.6 Å². The lowest BCUT2D eigenvalue weighted by Gasteiger charge is -2.11. The minimum atomic E-state index is -1.20. The molecule has 0 bridgehead atoms. The van der Waals surface area contributed by atoms with Crippen LogP contribution in [-0.2, 0) is 6.42 Å². The number of carbonyl (C=O) groups excluding carboxylic acids is 3. The van der Waals surface area contributed by atoms with Gasteiger partial charge in [-0.05, 0) is 48.4 Å². The fourth-order valence-electron chi connectivity index (χ4n) is 3.92. The summed E-state index contributed by atoms with van der Waals surface area (Å²) in [6.07, 6.45) is 1.92. The third-order valence-electron chi connectivity index (χ3n) is 5.43. The van der Waals surface area contributed by atoms with E-state index in [2.05, 4.69) is 11.9 Å². The fourth-order valence-corrected chi connectivity index (χ4v) is 3.92. The van der Waals surface area contributed by atoms with Crippen molar-refractivity contribution >= 4 is 28.4 Å². The van der Waals surface area contributed by atoms with Gasteiger partial charge in [0.1, 0.15) is 17.4 Å². The molecular formula is C24H22N2O4. The van der Waals surface area contributed by atoms with Gasteiger partial charge in [-0.25, -0.2) is 4.98 Å². The minimum absolute atomic E-state index is 0.0532. The summed E-state index contributed by atoms with van der Waals surface area (Å²) in [4.78, 5) is 44.2. The predicted octanol–water partition coefficient (Wildman–Crippen LogP) is 3.76. The Hall–Kier alpha value is -3.54. The zero-order valence-electron chi connectivity index (χ0n) is 17.1. The summed E-state index contributed by atoms with van der Waals surface area (Å²) in [7, 11) is 3.24. The van der Waals surface area contributed by atoms with Crippen LogP contribution < -0.4 is 0 Å². The van der Waals surface area contributed by atoms with Gasteiger partial charge in [0.2, 0.25) is 0 Å². The van der Waals surface area contributed by atoms with Gasteiger partial charge >= 0.3 is 0 Å². The van der Waals surface area contributed by atoms with E-state index < -0.39 is 17.5 Å². The maximum absolute atomic E-state index is 13.1. The number of aryl methyl sites for hydroxylation is 1. The molecule has 1 amide bonds. The number of Topliss-reactive ketones (excluding diaryl/α,β-unsaturated/α-hetero) is 2. The standard InChI is InChI=1S/C24H22N2O4/c1-4-5-13-6-9-18-15(10-13)12-19(27)21(25-18)20-22(28)16-8-7-14(24(30)26(2)3)11-17(16)23(20)29/h6-12,20,27H,4-5H2,1-3H3. The van der Waals surface area contributed by atoms with E-state index in [0.717, 1.165) is 23.8 Å². The van der Waals surface area contributed by atoms with Crippen LogP contribution >= 0.6 is 0 Å². The highest BCUT2D eigenvalue weighted by atomic mass is 16.3. The lowest BCUT2D eigenvalue weighted by atomic mass is 9.97. The first-order valence-corrected chi connectivity index (χ1v) is 9.88. The average molecular weight is 402 g/mol. The van der Waals surface area contributed by atoms with Crippen molar-refractivity contribution in [2.24, 2.45) is 0 Å². The molecule has 1 heterocycles. The number of pyridine rings is 1. The van der Waals surface area contributed by atoms with Gasteiger partial charge < -0.3 is 10.0 Å². The second-order valence-corrected chi connectivity index (χ2v) is 7.79. The van der Waals surface area contributed by atoms with Crippen LogP contribution in [0.5, 0.6) is 5.75 Å². The van der Waals surface area contributed by atoms with Crippen molar-refractivity contribution in [3.8, 4) is 5.75 Å². The van der Waals surface area contributed by atoms with Crippen molar-refractivity contribution in [3.05, 3.63) is 70.4 Å². The zero-order valence-corrected chi connectivity index (χ0v) is 17.1. The molecule has 0 saturated carbocycles. The Morgan fingerprint density at radius 1 is 1.03 bits per heavy atom. The first-order valence-electron chi connectivity index (χ1n) is 9.88. The molecule has 2 aromatic carbocycles.